The summed E-state index contributed by atoms with van der Waals surface area (Å²) < 4.78 is 4.95. The molecule has 0 aromatic carbocycles. The first-order valence-corrected chi connectivity index (χ1v) is 5.98. The van der Waals surface area contributed by atoms with E-state index in [0.717, 1.165) is 6.08 Å². The predicted octanol–water partition coefficient (Wildman–Crippen LogP) is -4.09. The number of rotatable bonds is 6. The molecule has 1 rings (SSSR count). The van der Waals surface area contributed by atoms with Crippen LogP contribution in [0.5, 0.6) is 0 Å². The zero-order valence-electron chi connectivity index (χ0n) is 10.8. The van der Waals surface area contributed by atoms with Crippen molar-refractivity contribution in [2.24, 2.45) is 0 Å². The van der Waals surface area contributed by atoms with Gasteiger partial charge < -0.3 is 40.7 Å². The van der Waals surface area contributed by atoms with Crippen molar-refractivity contribution in [3.8, 4) is 0 Å². The molecular formula is C11H17NO9. The number of aliphatic hydroxyl groups is 5. The van der Waals surface area contributed by atoms with Crippen molar-refractivity contribution in [3.63, 3.8) is 0 Å². The maximum Gasteiger partial charge on any atom is 0.370 e. The maximum atomic E-state index is 11.2. The number of aliphatic hydroxyl groups excluding tert-OH is 5. The summed E-state index contributed by atoms with van der Waals surface area (Å²) >= 11 is 0. The minimum absolute atomic E-state index is 0.675. The lowest BCUT2D eigenvalue weighted by molar-refractivity contribution is -0.150. The molecule has 0 fully saturated rings. The van der Waals surface area contributed by atoms with E-state index >= 15 is 0 Å². The van der Waals surface area contributed by atoms with Gasteiger partial charge in [0.25, 0.3) is 0 Å². The second-order valence-electron chi connectivity index (χ2n) is 4.40. The van der Waals surface area contributed by atoms with Gasteiger partial charge in [0.05, 0.1) is 12.6 Å². The predicted molar refractivity (Wildman–Crippen MR) is 64.7 cm³/mol. The van der Waals surface area contributed by atoms with Gasteiger partial charge in [-0.3, -0.25) is 4.79 Å². The van der Waals surface area contributed by atoms with Gasteiger partial charge >= 0.3 is 5.97 Å². The molecule has 7 N–H and O–H groups in total. The summed E-state index contributed by atoms with van der Waals surface area (Å²) in [4.78, 5) is 22.1. The average Bonchev–Trinajstić information content (AvgIpc) is 2.46. The van der Waals surface area contributed by atoms with E-state index in [1.165, 1.54) is 0 Å². The fourth-order valence-corrected chi connectivity index (χ4v) is 1.84. The fraction of sp³-hybridized carbons (Fsp3) is 0.636. The van der Waals surface area contributed by atoms with Crippen LogP contribution in [0.25, 0.3) is 0 Å². The lowest BCUT2D eigenvalue weighted by Gasteiger charge is -2.38. The lowest BCUT2D eigenvalue weighted by Crippen LogP contribution is -2.60. The fourth-order valence-electron chi connectivity index (χ4n) is 1.84. The van der Waals surface area contributed by atoms with Crippen LogP contribution in [0.3, 0.4) is 0 Å². The zero-order valence-corrected chi connectivity index (χ0v) is 10.8. The van der Waals surface area contributed by atoms with Gasteiger partial charge in [0.1, 0.15) is 24.9 Å². The molecule has 0 aromatic rings. The molecule has 10 nitrogen and oxygen atoms in total. The van der Waals surface area contributed by atoms with Crippen LogP contribution < -0.4 is 5.32 Å². The van der Waals surface area contributed by atoms with Crippen LogP contribution in [0.1, 0.15) is 0 Å². The molecule has 0 saturated carbocycles. The minimum Gasteiger partial charge on any atom is -0.478 e. The molecule has 0 spiro atoms. The van der Waals surface area contributed by atoms with Gasteiger partial charge in [0.15, 0.2) is 6.10 Å². The summed E-state index contributed by atoms with van der Waals surface area (Å²) in [7, 11) is 0. The number of aliphatic carboxylic acids is 1. The number of carboxylic acid groups (broad SMARTS) is 1. The number of ether oxygens (including phenoxy) is 1. The Morgan fingerprint density at radius 3 is 2.43 bits per heavy atom. The van der Waals surface area contributed by atoms with Crippen molar-refractivity contribution in [1.82, 2.24) is 5.32 Å². The van der Waals surface area contributed by atoms with Crippen LogP contribution in [0.4, 0.5) is 0 Å². The standard InChI is InChI=1S/C11H17NO9/c13-2-5(16)9(18)10-8(12-7(17)3-14)4(15)1-6(21-10)11(19)20/h1,4-5,8-10,13-16,18H,2-3H2,(H,12,17)(H,19,20)/t4?,5-,8-,9-,10?/m1/s1. The van der Waals surface area contributed by atoms with E-state index in [2.05, 4.69) is 5.32 Å². The Morgan fingerprint density at radius 2 is 1.95 bits per heavy atom. The summed E-state index contributed by atoms with van der Waals surface area (Å²) in [6.07, 6.45) is -5.72. The molecule has 0 aliphatic carbocycles. The molecule has 0 bridgehead atoms. The van der Waals surface area contributed by atoms with Crippen molar-refractivity contribution in [3.05, 3.63) is 11.8 Å². The molecular weight excluding hydrogens is 290 g/mol. The summed E-state index contributed by atoms with van der Waals surface area (Å²) in [5.41, 5.74) is 0. The van der Waals surface area contributed by atoms with E-state index in [-0.39, 0.29) is 0 Å². The molecule has 1 aliphatic heterocycles. The second-order valence-corrected chi connectivity index (χ2v) is 4.40. The van der Waals surface area contributed by atoms with Gasteiger partial charge in [0, 0.05) is 0 Å². The number of carbonyl (C=O) groups excluding carboxylic acids is 1. The number of hydrogen-bond acceptors (Lipinski definition) is 8. The van der Waals surface area contributed by atoms with Crippen LogP contribution in [-0.4, -0.2) is 86.2 Å². The van der Waals surface area contributed by atoms with Gasteiger partial charge in [-0.15, -0.1) is 0 Å². The monoisotopic (exact) mass is 307 g/mol. The highest BCUT2D eigenvalue weighted by Gasteiger charge is 2.43. The van der Waals surface area contributed by atoms with E-state index < -0.39 is 61.3 Å². The smallest absolute Gasteiger partial charge is 0.370 e. The van der Waals surface area contributed by atoms with Gasteiger partial charge in [-0.2, -0.15) is 0 Å². The average molecular weight is 307 g/mol. The van der Waals surface area contributed by atoms with Crippen molar-refractivity contribution >= 4 is 11.9 Å². The first kappa shape index (κ1) is 17.3. The number of carbonyl (C=O) groups is 2. The van der Waals surface area contributed by atoms with Crippen LogP contribution in [0.15, 0.2) is 11.8 Å². The van der Waals surface area contributed by atoms with E-state index in [4.69, 9.17) is 20.1 Å². The number of nitrogens with one attached hydrogen (secondary N) is 1. The Balaban J connectivity index is 3.04. The summed E-state index contributed by atoms with van der Waals surface area (Å²) in [5, 5.41) is 57.5. The van der Waals surface area contributed by atoms with Gasteiger partial charge in [-0.25, -0.2) is 4.79 Å². The number of carboxylic acids is 1. The highest BCUT2D eigenvalue weighted by Crippen LogP contribution is 2.22. The van der Waals surface area contributed by atoms with Crippen molar-refractivity contribution in [2.75, 3.05) is 13.2 Å². The summed E-state index contributed by atoms with van der Waals surface area (Å²) in [6, 6.07) is -1.32. The van der Waals surface area contributed by atoms with Crippen molar-refractivity contribution in [1.29, 1.82) is 0 Å². The second kappa shape index (κ2) is 7.33. The molecule has 0 radical (unpaired) electrons. The molecule has 1 amide bonds. The zero-order chi connectivity index (χ0) is 16.2. The third kappa shape index (κ3) is 4.12. The van der Waals surface area contributed by atoms with E-state index in [1.807, 2.05) is 0 Å². The molecule has 1 aliphatic rings. The Hall–Kier alpha value is -1.72. The highest BCUT2D eigenvalue weighted by molar-refractivity contribution is 5.84. The Kier molecular flexibility index (Phi) is 6.05. The normalized spacial score (nSPS) is 28.0. The highest BCUT2D eigenvalue weighted by atomic mass is 16.5. The third-order valence-corrected chi connectivity index (χ3v) is 2.91. The van der Waals surface area contributed by atoms with Crippen LogP contribution in [0.2, 0.25) is 0 Å². The Labute approximate surface area is 118 Å². The maximum absolute atomic E-state index is 11.2. The number of amides is 1. The van der Waals surface area contributed by atoms with Crippen LogP contribution in [0, 0.1) is 0 Å². The molecule has 0 aromatic heterocycles. The first-order valence-electron chi connectivity index (χ1n) is 5.98. The largest absolute Gasteiger partial charge is 0.478 e. The summed E-state index contributed by atoms with van der Waals surface area (Å²) in [6.45, 7) is -1.74. The van der Waals surface area contributed by atoms with E-state index in [9.17, 15) is 24.9 Å². The van der Waals surface area contributed by atoms with Gasteiger partial charge in [0.2, 0.25) is 11.7 Å². The summed E-state index contributed by atoms with van der Waals surface area (Å²) in [5.74, 6) is -3.09. The van der Waals surface area contributed by atoms with Gasteiger partial charge in [-0.05, 0) is 6.08 Å². The minimum atomic E-state index is -1.78. The molecule has 21 heavy (non-hydrogen) atoms. The lowest BCUT2D eigenvalue weighted by atomic mass is 9.94. The molecule has 2 unspecified atom stereocenters. The first-order chi connectivity index (χ1) is 9.81. The molecule has 1 heterocycles. The molecule has 10 heteroatoms. The van der Waals surface area contributed by atoms with E-state index in [0.29, 0.717) is 0 Å². The molecule has 5 atom stereocenters. The van der Waals surface area contributed by atoms with Crippen molar-refractivity contribution in [2.45, 2.75) is 30.5 Å². The Bertz CT molecular complexity index is 424. The molecule has 0 saturated heterocycles. The topological polar surface area (TPSA) is 177 Å². The third-order valence-electron chi connectivity index (χ3n) is 2.91. The van der Waals surface area contributed by atoms with E-state index in [1.54, 1.807) is 0 Å². The van der Waals surface area contributed by atoms with Crippen LogP contribution in [-0.2, 0) is 14.3 Å². The number of hydrogen-bond donors (Lipinski definition) is 7. The van der Waals surface area contributed by atoms with Gasteiger partial charge in [-0.1, -0.05) is 0 Å². The van der Waals surface area contributed by atoms with Crippen molar-refractivity contribution < 1.29 is 45.0 Å². The quantitative estimate of drug-likeness (QED) is 0.257. The molecule has 120 valence electrons. The SMILES string of the molecule is O=C(CO)N[C@@H]1C(O)C=C(C(=O)O)OC1[C@H](O)[C@H](O)CO. The Morgan fingerprint density at radius 1 is 1.33 bits per heavy atom. The van der Waals surface area contributed by atoms with Crippen LogP contribution >= 0.6 is 0 Å².